The van der Waals surface area contributed by atoms with Gasteiger partial charge in [-0.1, -0.05) is 6.07 Å². The van der Waals surface area contributed by atoms with E-state index in [0.29, 0.717) is 6.07 Å². The van der Waals surface area contributed by atoms with Gasteiger partial charge in [0.05, 0.1) is 15.7 Å². The second kappa shape index (κ2) is 6.08. The van der Waals surface area contributed by atoms with Gasteiger partial charge in [-0.15, -0.1) is 0 Å². The Morgan fingerprint density at radius 1 is 1.23 bits per heavy atom. The molecule has 1 aliphatic heterocycles. The van der Waals surface area contributed by atoms with Gasteiger partial charge >= 0.3 is 11.5 Å². The van der Waals surface area contributed by atoms with Crippen molar-refractivity contribution >= 4 is 26.8 Å². The quantitative estimate of drug-likeness (QED) is 0.604. The van der Waals surface area contributed by atoms with Crippen molar-refractivity contribution in [2.75, 3.05) is 13.1 Å². The largest absolute Gasteiger partial charge is 0.416 e. The topological polar surface area (TPSA) is 54.5 Å². The second-order valence-electron chi connectivity index (χ2n) is 5.01. The molecule has 1 aromatic rings. The van der Waals surface area contributed by atoms with Gasteiger partial charge in [-0.25, -0.2) is 8.42 Å². The number of alkyl halides is 3. The third-order valence-electron chi connectivity index (χ3n) is 3.62. The van der Waals surface area contributed by atoms with Crippen molar-refractivity contribution in [3.8, 4) is 0 Å². The van der Waals surface area contributed by atoms with Crippen molar-refractivity contribution < 1.29 is 26.4 Å². The van der Waals surface area contributed by atoms with E-state index in [1.54, 1.807) is 0 Å². The number of benzene rings is 1. The molecule has 0 unspecified atom stereocenters. The minimum absolute atomic E-state index is 0.150. The molecule has 0 spiro atoms. The molecule has 9 heteroatoms. The van der Waals surface area contributed by atoms with Crippen LogP contribution in [0.5, 0.6) is 0 Å². The van der Waals surface area contributed by atoms with Crippen LogP contribution in [0.1, 0.15) is 18.4 Å². The van der Waals surface area contributed by atoms with Crippen molar-refractivity contribution in [3.63, 3.8) is 0 Å². The van der Waals surface area contributed by atoms with Gasteiger partial charge in [-0.05, 0) is 42.6 Å². The van der Waals surface area contributed by atoms with Crippen LogP contribution in [0.15, 0.2) is 29.2 Å². The van der Waals surface area contributed by atoms with E-state index in [1.165, 1.54) is 4.90 Å². The Kier molecular flexibility index (Phi) is 4.72. The minimum Gasteiger partial charge on any atom is -0.329 e. The van der Waals surface area contributed by atoms with Crippen molar-refractivity contribution in [3.05, 3.63) is 29.8 Å². The molecule has 1 aromatic carbocycles. The van der Waals surface area contributed by atoms with Gasteiger partial charge in [0.25, 0.3) is 0 Å². The third-order valence-corrected chi connectivity index (χ3v) is 6.12. The summed E-state index contributed by atoms with van der Waals surface area (Å²) in [5.74, 6) is 0. The van der Waals surface area contributed by atoms with Crippen LogP contribution in [0.25, 0.3) is 0 Å². The van der Waals surface area contributed by atoms with Crippen molar-refractivity contribution in [1.29, 1.82) is 0 Å². The van der Waals surface area contributed by atoms with E-state index in [9.17, 15) is 26.4 Å². The molecular formula is C13H13ClF3NO3S. The fourth-order valence-corrected chi connectivity index (χ4v) is 4.33. The van der Waals surface area contributed by atoms with Gasteiger partial charge in [-0.3, -0.25) is 4.79 Å². The summed E-state index contributed by atoms with van der Waals surface area (Å²) >= 11 is 5.32. The zero-order valence-corrected chi connectivity index (χ0v) is 12.9. The summed E-state index contributed by atoms with van der Waals surface area (Å²) in [5, 5.41) is -1.47. The molecule has 1 aliphatic rings. The minimum atomic E-state index is -4.60. The van der Waals surface area contributed by atoms with E-state index in [0.717, 1.165) is 18.2 Å². The first-order chi connectivity index (χ1) is 10.1. The Labute approximate surface area is 130 Å². The third kappa shape index (κ3) is 3.55. The molecule has 0 atom stereocenters. The van der Waals surface area contributed by atoms with Crippen molar-refractivity contribution in [2.24, 2.45) is 0 Å². The number of hydrogen-bond donors (Lipinski definition) is 0. The van der Waals surface area contributed by atoms with Gasteiger partial charge in [0.1, 0.15) is 0 Å². The number of sulfone groups is 1. The number of carbonyl (C=O) groups is 1. The normalized spacial score (nSPS) is 17.5. The van der Waals surface area contributed by atoms with Gasteiger partial charge in [-0.2, -0.15) is 13.2 Å². The molecule has 1 amide bonds. The van der Waals surface area contributed by atoms with Crippen molar-refractivity contribution in [1.82, 2.24) is 4.90 Å². The summed E-state index contributed by atoms with van der Waals surface area (Å²) in [6, 6.07) is 3.71. The number of halogens is 4. The van der Waals surface area contributed by atoms with Crippen LogP contribution < -0.4 is 0 Å². The summed E-state index contributed by atoms with van der Waals surface area (Å²) in [6.07, 6.45) is -4.30. The number of rotatable bonds is 2. The van der Waals surface area contributed by atoms with E-state index < -0.39 is 32.2 Å². The maximum Gasteiger partial charge on any atom is 0.416 e. The molecule has 1 heterocycles. The molecule has 1 fully saturated rings. The van der Waals surface area contributed by atoms with E-state index in [-0.39, 0.29) is 30.8 Å². The SMILES string of the molecule is O=C(Cl)N1CCC(S(=O)(=O)c2cccc(C(F)(F)F)c2)CC1. The number of hydrogen-bond acceptors (Lipinski definition) is 3. The fraction of sp³-hybridized carbons (Fsp3) is 0.462. The number of likely N-dealkylation sites (tertiary alicyclic amines) is 1. The average molecular weight is 356 g/mol. The second-order valence-corrected chi connectivity index (χ2v) is 7.56. The Hall–Kier alpha value is -1.28. The molecule has 0 aliphatic carbocycles. The fourth-order valence-electron chi connectivity index (χ4n) is 2.38. The van der Waals surface area contributed by atoms with E-state index in [4.69, 9.17) is 11.6 Å². The van der Waals surface area contributed by atoms with Crippen LogP contribution >= 0.6 is 11.6 Å². The molecule has 4 nitrogen and oxygen atoms in total. The summed E-state index contributed by atoms with van der Waals surface area (Å²) in [6.45, 7) is 0.344. The first kappa shape index (κ1) is 17.1. The molecule has 0 bridgehead atoms. The van der Waals surface area contributed by atoms with Gasteiger partial charge in [0.15, 0.2) is 9.84 Å². The summed E-state index contributed by atoms with van der Waals surface area (Å²) in [5.41, 5.74) is -0.998. The van der Waals surface area contributed by atoms with Crippen LogP contribution in [0.3, 0.4) is 0 Å². The van der Waals surface area contributed by atoms with Gasteiger partial charge in [0, 0.05) is 13.1 Å². The summed E-state index contributed by atoms with van der Waals surface area (Å²) < 4.78 is 62.9. The predicted molar refractivity (Wildman–Crippen MR) is 74.5 cm³/mol. The van der Waals surface area contributed by atoms with Gasteiger partial charge in [0.2, 0.25) is 0 Å². The van der Waals surface area contributed by atoms with Gasteiger partial charge < -0.3 is 4.90 Å². The first-order valence-electron chi connectivity index (χ1n) is 6.48. The van der Waals surface area contributed by atoms with E-state index >= 15 is 0 Å². The lowest BCUT2D eigenvalue weighted by atomic mass is 10.1. The first-order valence-corrected chi connectivity index (χ1v) is 8.40. The number of carbonyl (C=O) groups excluding carboxylic acids is 1. The number of nitrogens with zero attached hydrogens (tertiary/aromatic N) is 1. The van der Waals surface area contributed by atoms with Crippen molar-refractivity contribution in [2.45, 2.75) is 29.2 Å². The standard InChI is InChI=1S/C13H13ClF3NO3S/c14-12(19)18-6-4-10(5-7-18)22(20,21)11-3-1-2-9(8-11)13(15,16)17/h1-3,8,10H,4-7H2. The zero-order chi connectivity index (χ0) is 16.5. The highest BCUT2D eigenvalue weighted by Crippen LogP contribution is 2.32. The molecule has 0 radical (unpaired) electrons. The summed E-state index contributed by atoms with van der Waals surface area (Å²) in [7, 11) is -3.87. The highest BCUT2D eigenvalue weighted by molar-refractivity contribution is 7.92. The van der Waals surface area contributed by atoms with Crippen LogP contribution in [0.2, 0.25) is 0 Å². The molecule has 122 valence electrons. The molecule has 22 heavy (non-hydrogen) atoms. The molecule has 0 saturated carbocycles. The summed E-state index contributed by atoms with van der Waals surface area (Å²) in [4.78, 5) is 12.0. The molecule has 0 aromatic heterocycles. The zero-order valence-electron chi connectivity index (χ0n) is 11.3. The number of amides is 1. The molecule has 1 saturated heterocycles. The van der Waals surface area contributed by atoms with E-state index in [1.807, 2.05) is 0 Å². The molecule has 2 rings (SSSR count). The smallest absolute Gasteiger partial charge is 0.329 e. The maximum atomic E-state index is 12.7. The Morgan fingerprint density at radius 2 is 1.82 bits per heavy atom. The Morgan fingerprint density at radius 3 is 2.32 bits per heavy atom. The highest BCUT2D eigenvalue weighted by Gasteiger charge is 2.35. The Bertz CT molecular complexity index is 667. The lowest BCUT2D eigenvalue weighted by Gasteiger charge is -2.30. The lowest BCUT2D eigenvalue weighted by Crippen LogP contribution is -2.40. The van der Waals surface area contributed by atoms with Crippen LogP contribution in [0, 0.1) is 0 Å². The molecular weight excluding hydrogens is 343 g/mol. The predicted octanol–water partition coefficient (Wildman–Crippen LogP) is 3.30. The van der Waals surface area contributed by atoms with Crippen LogP contribution in [-0.4, -0.2) is 37.0 Å². The average Bonchev–Trinajstić information content (AvgIpc) is 2.46. The molecule has 0 N–H and O–H groups in total. The highest BCUT2D eigenvalue weighted by atomic mass is 35.5. The van der Waals surface area contributed by atoms with Crippen LogP contribution in [-0.2, 0) is 16.0 Å². The van der Waals surface area contributed by atoms with Crippen LogP contribution in [0.4, 0.5) is 18.0 Å². The number of piperidine rings is 1. The maximum absolute atomic E-state index is 12.7. The van der Waals surface area contributed by atoms with E-state index in [2.05, 4.69) is 0 Å². The lowest BCUT2D eigenvalue weighted by molar-refractivity contribution is -0.137. The monoisotopic (exact) mass is 355 g/mol. The Balaban J connectivity index is 2.23.